The third kappa shape index (κ3) is 4.56. The molecule has 0 bridgehead atoms. The Hall–Kier alpha value is -2.54. The number of nitrogens with zero attached hydrogens (tertiary/aromatic N) is 2. The predicted molar refractivity (Wildman–Crippen MR) is 126 cm³/mol. The highest BCUT2D eigenvalue weighted by molar-refractivity contribution is 6.07. The van der Waals surface area contributed by atoms with Crippen molar-refractivity contribution in [2.75, 3.05) is 26.3 Å². The largest absolute Gasteiger partial charge is 0.486 e. The Morgan fingerprint density at radius 2 is 1.81 bits per heavy atom. The van der Waals surface area contributed by atoms with E-state index in [9.17, 15) is 4.79 Å². The molecule has 0 radical (unpaired) electrons. The van der Waals surface area contributed by atoms with Crippen LogP contribution in [0.15, 0.2) is 48.5 Å². The second-order valence-electron chi connectivity index (χ2n) is 7.58. The number of benzene rings is 2. The van der Waals surface area contributed by atoms with Gasteiger partial charge in [-0.15, -0.1) is 24.8 Å². The van der Waals surface area contributed by atoms with Gasteiger partial charge in [-0.3, -0.25) is 4.79 Å². The number of hydrogen-bond donors (Lipinski definition) is 1. The van der Waals surface area contributed by atoms with E-state index in [0.717, 1.165) is 47.3 Å². The van der Waals surface area contributed by atoms with E-state index in [1.807, 2.05) is 53.4 Å². The van der Waals surface area contributed by atoms with E-state index in [0.29, 0.717) is 31.1 Å². The number of piperidine rings is 1. The highest BCUT2D eigenvalue weighted by atomic mass is 35.5. The molecule has 0 spiro atoms. The number of pyridine rings is 1. The number of aromatic nitrogens is 1. The third-order valence-electron chi connectivity index (χ3n) is 5.53. The summed E-state index contributed by atoms with van der Waals surface area (Å²) in [6.45, 7) is 2.41. The molecule has 3 aromatic rings. The molecule has 1 amide bonds. The molecule has 1 atom stereocenters. The first-order chi connectivity index (χ1) is 14.2. The van der Waals surface area contributed by atoms with Crippen molar-refractivity contribution >= 4 is 41.6 Å². The van der Waals surface area contributed by atoms with E-state index in [4.69, 9.17) is 20.2 Å². The number of hydrogen-bond acceptors (Lipinski definition) is 5. The summed E-state index contributed by atoms with van der Waals surface area (Å²) in [5, 5.41) is 0.859. The molecule has 2 aliphatic heterocycles. The Morgan fingerprint density at radius 3 is 2.61 bits per heavy atom. The molecule has 31 heavy (non-hydrogen) atoms. The Balaban J connectivity index is 0.00000136. The van der Waals surface area contributed by atoms with E-state index < -0.39 is 0 Å². The summed E-state index contributed by atoms with van der Waals surface area (Å²) in [5.41, 5.74) is 9.20. The highest BCUT2D eigenvalue weighted by Gasteiger charge is 2.25. The zero-order valence-corrected chi connectivity index (χ0v) is 18.6. The zero-order chi connectivity index (χ0) is 19.8. The number of ether oxygens (including phenoxy) is 2. The molecule has 6 nitrogen and oxygen atoms in total. The topological polar surface area (TPSA) is 77.7 Å². The monoisotopic (exact) mass is 461 g/mol. The molecule has 2 aliphatic rings. The molecular weight excluding hydrogens is 437 g/mol. The molecular formula is C23H25Cl2N3O3. The number of likely N-dealkylation sites (tertiary alicyclic amines) is 1. The fraction of sp³-hybridized carbons (Fsp3) is 0.304. The Morgan fingerprint density at radius 1 is 1.03 bits per heavy atom. The van der Waals surface area contributed by atoms with E-state index >= 15 is 0 Å². The van der Waals surface area contributed by atoms with E-state index in [-0.39, 0.29) is 36.8 Å². The van der Waals surface area contributed by atoms with Crippen LogP contribution in [0.25, 0.3) is 22.2 Å². The summed E-state index contributed by atoms with van der Waals surface area (Å²) in [4.78, 5) is 20.0. The van der Waals surface area contributed by atoms with Crippen LogP contribution in [0.1, 0.15) is 23.2 Å². The minimum Gasteiger partial charge on any atom is -0.486 e. The fourth-order valence-electron chi connectivity index (χ4n) is 4.07. The van der Waals surface area contributed by atoms with Crippen LogP contribution in [0, 0.1) is 0 Å². The van der Waals surface area contributed by atoms with Crippen LogP contribution in [0.3, 0.4) is 0 Å². The van der Waals surface area contributed by atoms with Crippen molar-refractivity contribution < 1.29 is 14.3 Å². The number of fused-ring (bicyclic) bond motifs is 2. The van der Waals surface area contributed by atoms with Gasteiger partial charge >= 0.3 is 0 Å². The maximum absolute atomic E-state index is 13.4. The van der Waals surface area contributed by atoms with E-state index in [2.05, 4.69) is 0 Å². The first-order valence-corrected chi connectivity index (χ1v) is 10.0. The van der Waals surface area contributed by atoms with Gasteiger partial charge in [0.25, 0.3) is 5.91 Å². The summed E-state index contributed by atoms with van der Waals surface area (Å²) in [6.07, 6.45) is 1.90. The van der Waals surface area contributed by atoms with Crippen molar-refractivity contribution in [3.8, 4) is 22.8 Å². The first kappa shape index (κ1) is 23.1. The first-order valence-electron chi connectivity index (χ1n) is 10.0. The standard InChI is InChI=1S/C23H23N3O3.2ClH/c24-16-4-3-9-26(14-16)23(27)18-13-20(25-19-6-2-1-5-17(18)19)15-7-8-21-22(12-15)29-11-10-28-21;;/h1-2,5-8,12-13,16H,3-4,9-11,14,24H2;2*1H. The van der Waals surface area contributed by atoms with Gasteiger partial charge in [0.15, 0.2) is 11.5 Å². The van der Waals surface area contributed by atoms with Crippen LogP contribution in [-0.2, 0) is 0 Å². The maximum atomic E-state index is 13.4. The van der Waals surface area contributed by atoms with Gasteiger partial charge in [0.05, 0.1) is 16.8 Å². The van der Waals surface area contributed by atoms with Crippen molar-refractivity contribution in [1.82, 2.24) is 9.88 Å². The number of halogens is 2. The minimum atomic E-state index is 0. The Labute approximate surface area is 193 Å². The van der Waals surface area contributed by atoms with Crippen LogP contribution in [-0.4, -0.2) is 48.1 Å². The van der Waals surface area contributed by atoms with Gasteiger partial charge in [-0.1, -0.05) is 18.2 Å². The van der Waals surface area contributed by atoms with Gasteiger partial charge < -0.3 is 20.1 Å². The lowest BCUT2D eigenvalue weighted by atomic mass is 10.0. The SMILES string of the molecule is Cl.Cl.NC1CCCN(C(=O)c2cc(-c3ccc4c(c3)OCCO4)nc3ccccc23)C1. The minimum absolute atomic E-state index is 0. The van der Waals surface area contributed by atoms with Crippen molar-refractivity contribution in [3.05, 3.63) is 54.1 Å². The van der Waals surface area contributed by atoms with Gasteiger partial charge in [0.2, 0.25) is 0 Å². The lowest BCUT2D eigenvalue weighted by molar-refractivity contribution is 0.0711. The fourth-order valence-corrected chi connectivity index (χ4v) is 4.07. The average Bonchev–Trinajstić information content (AvgIpc) is 2.77. The molecule has 5 rings (SSSR count). The van der Waals surface area contributed by atoms with Crippen molar-refractivity contribution in [2.24, 2.45) is 5.73 Å². The summed E-state index contributed by atoms with van der Waals surface area (Å²) in [7, 11) is 0. The third-order valence-corrected chi connectivity index (χ3v) is 5.53. The summed E-state index contributed by atoms with van der Waals surface area (Å²) < 4.78 is 11.3. The maximum Gasteiger partial charge on any atom is 0.254 e. The van der Waals surface area contributed by atoms with Gasteiger partial charge in [-0.25, -0.2) is 4.98 Å². The summed E-state index contributed by atoms with van der Waals surface area (Å²) in [6, 6.07) is 15.5. The molecule has 2 N–H and O–H groups in total. The van der Waals surface area contributed by atoms with E-state index in [1.165, 1.54) is 0 Å². The normalized spacial score (nSPS) is 17.5. The van der Waals surface area contributed by atoms with Crippen LogP contribution in [0.4, 0.5) is 0 Å². The van der Waals surface area contributed by atoms with Crippen molar-refractivity contribution in [2.45, 2.75) is 18.9 Å². The smallest absolute Gasteiger partial charge is 0.254 e. The molecule has 164 valence electrons. The number of para-hydroxylation sites is 1. The molecule has 0 aliphatic carbocycles. The number of carbonyl (C=O) groups excluding carboxylic acids is 1. The summed E-state index contributed by atoms with van der Waals surface area (Å²) >= 11 is 0. The van der Waals surface area contributed by atoms with Crippen molar-refractivity contribution in [1.29, 1.82) is 0 Å². The van der Waals surface area contributed by atoms with Gasteiger partial charge in [0.1, 0.15) is 13.2 Å². The van der Waals surface area contributed by atoms with Crippen LogP contribution >= 0.6 is 24.8 Å². The van der Waals surface area contributed by atoms with Crippen LogP contribution < -0.4 is 15.2 Å². The predicted octanol–water partition coefficient (Wildman–Crippen LogP) is 4.08. The number of carbonyl (C=O) groups is 1. The molecule has 1 aromatic heterocycles. The molecule has 8 heteroatoms. The lowest BCUT2D eigenvalue weighted by Gasteiger charge is -2.31. The number of nitrogens with two attached hydrogens (primary N) is 1. The molecule has 3 heterocycles. The molecule has 1 fully saturated rings. The Bertz CT molecular complexity index is 1090. The number of rotatable bonds is 2. The zero-order valence-electron chi connectivity index (χ0n) is 17.0. The average molecular weight is 462 g/mol. The van der Waals surface area contributed by atoms with Crippen LogP contribution in [0.2, 0.25) is 0 Å². The van der Waals surface area contributed by atoms with Gasteiger partial charge in [-0.2, -0.15) is 0 Å². The molecule has 0 saturated carbocycles. The van der Waals surface area contributed by atoms with Gasteiger partial charge in [0, 0.05) is 30.1 Å². The second-order valence-corrected chi connectivity index (χ2v) is 7.58. The lowest BCUT2D eigenvalue weighted by Crippen LogP contribution is -2.45. The quantitative estimate of drug-likeness (QED) is 0.621. The Kier molecular flexibility index (Phi) is 7.26. The second kappa shape index (κ2) is 9.73. The summed E-state index contributed by atoms with van der Waals surface area (Å²) in [5.74, 6) is 1.45. The van der Waals surface area contributed by atoms with Gasteiger partial charge in [-0.05, 0) is 43.2 Å². The number of amides is 1. The molecule has 2 aromatic carbocycles. The molecule has 1 saturated heterocycles. The molecule has 1 unspecified atom stereocenters. The highest BCUT2D eigenvalue weighted by Crippen LogP contribution is 2.35. The van der Waals surface area contributed by atoms with E-state index in [1.54, 1.807) is 0 Å². The van der Waals surface area contributed by atoms with Crippen LogP contribution in [0.5, 0.6) is 11.5 Å². The van der Waals surface area contributed by atoms with Crippen molar-refractivity contribution in [3.63, 3.8) is 0 Å².